The zero-order valence-electron chi connectivity index (χ0n) is 48.9. The summed E-state index contributed by atoms with van der Waals surface area (Å²) in [4.78, 5) is 24.5. The van der Waals surface area contributed by atoms with Crippen LogP contribution in [0.4, 0.5) is 0 Å². The van der Waals surface area contributed by atoms with Gasteiger partial charge in [0.2, 0.25) is 5.91 Å². The molecule has 0 aliphatic rings. The lowest BCUT2D eigenvalue weighted by molar-refractivity contribution is -0.143. The molecule has 3 N–H and O–H groups in total. The summed E-state index contributed by atoms with van der Waals surface area (Å²) in [6.07, 6.45) is 75.8. The molecule has 6 heteroatoms. The van der Waals surface area contributed by atoms with E-state index in [0.717, 1.165) is 38.5 Å². The Balaban J connectivity index is 3.29. The third-order valence-corrected chi connectivity index (χ3v) is 15.6. The number of carbonyl (C=O) groups is 2. The van der Waals surface area contributed by atoms with E-state index in [2.05, 4.69) is 19.2 Å². The van der Waals surface area contributed by atoms with E-state index >= 15 is 0 Å². The highest BCUT2D eigenvalue weighted by Crippen LogP contribution is 2.19. The summed E-state index contributed by atoms with van der Waals surface area (Å²) < 4.78 is 5.51. The fourth-order valence-electron chi connectivity index (χ4n) is 10.5. The normalized spacial score (nSPS) is 12.6. The van der Waals surface area contributed by atoms with Gasteiger partial charge in [0.25, 0.3) is 0 Å². The molecule has 72 heavy (non-hydrogen) atoms. The molecule has 0 spiro atoms. The highest BCUT2D eigenvalue weighted by atomic mass is 16.5. The Morgan fingerprint density at radius 1 is 0.375 bits per heavy atom. The van der Waals surface area contributed by atoms with E-state index < -0.39 is 12.1 Å². The zero-order chi connectivity index (χ0) is 52.2. The fraction of sp³-hybridized carbons (Fsp3) is 0.939. The summed E-state index contributed by atoms with van der Waals surface area (Å²) in [5, 5.41) is 23.0. The molecule has 0 saturated carbocycles. The first-order chi connectivity index (χ1) is 35.5. The number of nitrogens with one attached hydrogen (secondary N) is 1. The fourth-order valence-corrected chi connectivity index (χ4v) is 10.5. The van der Waals surface area contributed by atoms with Crippen LogP contribution in [0.15, 0.2) is 12.2 Å². The van der Waals surface area contributed by atoms with E-state index in [9.17, 15) is 19.8 Å². The van der Waals surface area contributed by atoms with Crippen LogP contribution in [-0.2, 0) is 14.3 Å². The number of hydrogen-bond donors (Lipinski definition) is 3. The molecule has 2 atom stereocenters. The monoisotopic (exact) mass is 1020 g/mol. The minimum atomic E-state index is -0.839. The standard InChI is InChI=1S/C66H129NO5/c1-3-5-7-9-11-13-14-15-16-17-31-34-37-40-44-48-52-56-60-66(71)72-61-57-53-49-45-41-38-35-32-29-27-25-23-21-19-18-20-22-24-26-28-30-33-36-39-43-47-51-55-59-65(70)67-63(62-68)64(69)58-54-50-46-42-12-10-8-6-4-2/h54,58,63-64,68-69H,3-53,55-57,59-62H2,1-2H3,(H,67,70)/b58-54+. The van der Waals surface area contributed by atoms with Crippen LogP contribution in [-0.4, -0.2) is 47.4 Å². The van der Waals surface area contributed by atoms with Gasteiger partial charge >= 0.3 is 5.97 Å². The van der Waals surface area contributed by atoms with Crippen molar-refractivity contribution < 1.29 is 24.5 Å². The average molecular weight is 1020 g/mol. The average Bonchev–Trinajstić information content (AvgIpc) is 3.38. The summed E-state index contributed by atoms with van der Waals surface area (Å²) in [7, 11) is 0. The van der Waals surface area contributed by atoms with Gasteiger partial charge in [-0.1, -0.05) is 341 Å². The molecule has 2 unspecified atom stereocenters. The van der Waals surface area contributed by atoms with Crippen LogP contribution in [0, 0.1) is 0 Å². The molecule has 6 nitrogen and oxygen atoms in total. The number of ether oxygens (including phenoxy) is 1. The van der Waals surface area contributed by atoms with Gasteiger partial charge in [0.1, 0.15) is 0 Å². The highest BCUT2D eigenvalue weighted by molar-refractivity contribution is 5.76. The molecular weight excluding hydrogens is 887 g/mol. The van der Waals surface area contributed by atoms with Gasteiger partial charge in [-0.2, -0.15) is 0 Å². The molecular formula is C66H129NO5. The van der Waals surface area contributed by atoms with Crippen LogP contribution in [0.25, 0.3) is 0 Å². The third kappa shape index (κ3) is 57.9. The van der Waals surface area contributed by atoms with Crippen LogP contribution in [0.2, 0.25) is 0 Å². The van der Waals surface area contributed by atoms with Gasteiger partial charge in [0, 0.05) is 12.8 Å². The number of carbonyl (C=O) groups excluding carboxylic acids is 2. The quantitative estimate of drug-likeness (QED) is 0.0320. The van der Waals surface area contributed by atoms with E-state index in [0.29, 0.717) is 19.4 Å². The lowest BCUT2D eigenvalue weighted by Gasteiger charge is -2.20. The van der Waals surface area contributed by atoms with Crippen molar-refractivity contribution in [3.05, 3.63) is 12.2 Å². The highest BCUT2D eigenvalue weighted by Gasteiger charge is 2.18. The summed E-state index contributed by atoms with van der Waals surface area (Å²) in [5.74, 6) is -0.0425. The van der Waals surface area contributed by atoms with Crippen molar-refractivity contribution in [2.75, 3.05) is 13.2 Å². The Morgan fingerprint density at radius 2 is 0.639 bits per heavy atom. The number of unbranched alkanes of at least 4 members (excludes halogenated alkanes) is 51. The first-order valence-corrected chi connectivity index (χ1v) is 33.0. The first kappa shape index (κ1) is 70.6. The molecule has 0 aliphatic carbocycles. The van der Waals surface area contributed by atoms with Crippen molar-refractivity contribution in [2.24, 2.45) is 0 Å². The predicted molar refractivity (Wildman–Crippen MR) is 315 cm³/mol. The van der Waals surface area contributed by atoms with Crippen molar-refractivity contribution in [1.82, 2.24) is 5.32 Å². The van der Waals surface area contributed by atoms with Gasteiger partial charge in [-0.05, 0) is 32.1 Å². The smallest absolute Gasteiger partial charge is 0.305 e. The first-order valence-electron chi connectivity index (χ1n) is 33.0. The molecule has 0 heterocycles. The van der Waals surface area contributed by atoms with Crippen molar-refractivity contribution in [2.45, 2.75) is 386 Å². The Hall–Kier alpha value is -1.40. The molecule has 0 aromatic heterocycles. The van der Waals surface area contributed by atoms with Crippen LogP contribution < -0.4 is 5.32 Å². The second-order valence-electron chi connectivity index (χ2n) is 22.8. The second kappa shape index (κ2) is 62.1. The number of allylic oxidation sites excluding steroid dienone is 1. The van der Waals surface area contributed by atoms with Crippen molar-refractivity contribution in [3.8, 4) is 0 Å². The van der Waals surface area contributed by atoms with E-state index in [1.165, 1.54) is 308 Å². The lowest BCUT2D eigenvalue weighted by Crippen LogP contribution is -2.45. The minimum absolute atomic E-state index is 0.0234. The van der Waals surface area contributed by atoms with Crippen molar-refractivity contribution >= 4 is 11.9 Å². The predicted octanol–water partition coefficient (Wildman–Crippen LogP) is 20.8. The third-order valence-electron chi connectivity index (χ3n) is 15.6. The molecule has 0 aliphatic heterocycles. The van der Waals surface area contributed by atoms with Crippen LogP contribution >= 0.6 is 0 Å². The van der Waals surface area contributed by atoms with Gasteiger partial charge in [0.05, 0.1) is 25.4 Å². The minimum Gasteiger partial charge on any atom is -0.466 e. The van der Waals surface area contributed by atoms with Crippen LogP contribution in [0.5, 0.6) is 0 Å². The number of hydrogen-bond acceptors (Lipinski definition) is 5. The topological polar surface area (TPSA) is 95.9 Å². The molecule has 0 radical (unpaired) electrons. The Morgan fingerprint density at radius 3 is 0.944 bits per heavy atom. The SMILES string of the molecule is CCCCCCCCC/C=C/C(O)C(CO)NC(=O)CCCCCCCCCCCCCCCCCCCCCCCCCCCCCCOC(=O)CCCCCCCCCCCCCCCCCCCC. The van der Waals surface area contributed by atoms with E-state index in [1.807, 2.05) is 6.08 Å². The number of aliphatic hydroxyl groups excluding tert-OH is 2. The Bertz CT molecular complexity index is 1080. The molecule has 0 rings (SSSR count). The molecule has 0 aromatic carbocycles. The van der Waals surface area contributed by atoms with E-state index in [1.54, 1.807) is 6.08 Å². The summed E-state index contributed by atoms with van der Waals surface area (Å²) in [6, 6.07) is -0.622. The van der Waals surface area contributed by atoms with Crippen molar-refractivity contribution in [3.63, 3.8) is 0 Å². The molecule has 0 fully saturated rings. The van der Waals surface area contributed by atoms with E-state index in [4.69, 9.17) is 4.74 Å². The van der Waals surface area contributed by atoms with Gasteiger partial charge in [-0.25, -0.2) is 0 Å². The number of aliphatic hydroxyl groups is 2. The molecule has 1 amide bonds. The maximum atomic E-state index is 12.4. The Labute approximate surface area is 450 Å². The molecule has 0 aromatic rings. The largest absolute Gasteiger partial charge is 0.466 e. The number of rotatable bonds is 62. The molecule has 0 saturated heterocycles. The Kier molecular flexibility index (Phi) is 60.9. The maximum absolute atomic E-state index is 12.4. The van der Waals surface area contributed by atoms with Crippen LogP contribution in [0.1, 0.15) is 373 Å². The molecule has 428 valence electrons. The summed E-state index contributed by atoms with van der Waals surface area (Å²) >= 11 is 0. The van der Waals surface area contributed by atoms with Crippen LogP contribution in [0.3, 0.4) is 0 Å². The number of esters is 1. The van der Waals surface area contributed by atoms with Crippen molar-refractivity contribution in [1.29, 1.82) is 0 Å². The zero-order valence-corrected chi connectivity index (χ0v) is 48.9. The molecule has 0 bridgehead atoms. The maximum Gasteiger partial charge on any atom is 0.305 e. The van der Waals surface area contributed by atoms with E-state index in [-0.39, 0.29) is 18.5 Å². The van der Waals surface area contributed by atoms with Gasteiger partial charge in [0.15, 0.2) is 0 Å². The summed E-state index contributed by atoms with van der Waals surface area (Å²) in [6.45, 7) is 4.91. The number of amides is 1. The van der Waals surface area contributed by atoms with Gasteiger partial charge < -0.3 is 20.3 Å². The lowest BCUT2D eigenvalue weighted by atomic mass is 10.0. The second-order valence-corrected chi connectivity index (χ2v) is 22.8. The van der Waals surface area contributed by atoms with Gasteiger partial charge in [-0.3, -0.25) is 9.59 Å². The van der Waals surface area contributed by atoms with Gasteiger partial charge in [-0.15, -0.1) is 0 Å². The summed E-state index contributed by atoms with van der Waals surface area (Å²) in [5.41, 5.74) is 0.